The van der Waals surface area contributed by atoms with Crippen LogP contribution in [0.2, 0.25) is 0 Å². The van der Waals surface area contributed by atoms with Gasteiger partial charge in [0.05, 0.1) is 6.42 Å². The molecule has 4 heteroatoms. The molecule has 2 rings (SSSR count). The zero-order chi connectivity index (χ0) is 18.9. The highest BCUT2D eigenvalue weighted by molar-refractivity contribution is 5.88. The van der Waals surface area contributed by atoms with E-state index in [0.717, 1.165) is 11.1 Å². The molecule has 0 radical (unpaired) electrons. The van der Waals surface area contributed by atoms with Gasteiger partial charge in [0.15, 0.2) is 0 Å². The van der Waals surface area contributed by atoms with Gasteiger partial charge in [-0.05, 0) is 31.4 Å². The number of rotatable bonds is 8. The zero-order valence-corrected chi connectivity index (χ0v) is 15.9. The van der Waals surface area contributed by atoms with E-state index in [1.807, 2.05) is 75.4 Å². The average Bonchev–Trinajstić information content (AvgIpc) is 2.64. The lowest BCUT2D eigenvalue weighted by atomic mass is 10.1. The van der Waals surface area contributed by atoms with Crippen molar-refractivity contribution in [1.29, 1.82) is 0 Å². The standard InChI is InChI=1S/C22H28N2O2/c1-4-20(22(26)23-5-2)24(16-19-13-11-17(3)12-14-19)21(25)15-18-9-7-6-8-10-18/h6-14,20H,4-5,15-16H2,1-3H3,(H,23,26)/t20-/m0/s1. The first kappa shape index (κ1) is 19.7. The Morgan fingerprint density at radius 1 is 0.962 bits per heavy atom. The van der Waals surface area contributed by atoms with Gasteiger partial charge in [-0.15, -0.1) is 0 Å². The van der Waals surface area contributed by atoms with Crippen LogP contribution in [-0.2, 0) is 22.6 Å². The van der Waals surface area contributed by atoms with Crippen LogP contribution >= 0.6 is 0 Å². The largest absolute Gasteiger partial charge is 0.355 e. The number of likely N-dealkylation sites (N-methyl/N-ethyl adjacent to an activating group) is 1. The van der Waals surface area contributed by atoms with Gasteiger partial charge in [-0.25, -0.2) is 0 Å². The third-order valence-electron chi connectivity index (χ3n) is 4.41. The molecular formula is C22H28N2O2. The number of nitrogens with zero attached hydrogens (tertiary/aromatic N) is 1. The minimum absolute atomic E-state index is 0.0325. The maximum Gasteiger partial charge on any atom is 0.242 e. The second-order valence-electron chi connectivity index (χ2n) is 6.49. The maximum absolute atomic E-state index is 13.0. The van der Waals surface area contributed by atoms with Crippen LogP contribution in [0.25, 0.3) is 0 Å². The topological polar surface area (TPSA) is 49.4 Å². The first-order chi connectivity index (χ1) is 12.5. The molecule has 0 aromatic heterocycles. The minimum atomic E-state index is -0.465. The number of aryl methyl sites for hydroxylation is 1. The van der Waals surface area contributed by atoms with Crippen molar-refractivity contribution < 1.29 is 9.59 Å². The van der Waals surface area contributed by atoms with Crippen molar-refractivity contribution in [3.05, 3.63) is 71.3 Å². The van der Waals surface area contributed by atoms with Gasteiger partial charge in [0.1, 0.15) is 6.04 Å². The quantitative estimate of drug-likeness (QED) is 0.791. The SMILES string of the molecule is CCNC(=O)[C@H](CC)N(Cc1ccc(C)cc1)C(=O)Cc1ccccc1. The zero-order valence-electron chi connectivity index (χ0n) is 15.9. The molecule has 0 heterocycles. The Morgan fingerprint density at radius 3 is 2.19 bits per heavy atom. The molecule has 1 N–H and O–H groups in total. The lowest BCUT2D eigenvalue weighted by Crippen LogP contribution is -2.49. The summed E-state index contributed by atoms with van der Waals surface area (Å²) in [6, 6.07) is 17.3. The molecule has 0 fully saturated rings. The highest BCUT2D eigenvalue weighted by Crippen LogP contribution is 2.15. The fraction of sp³-hybridized carbons (Fsp3) is 0.364. The molecule has 0 spiro atoms. The Balaban J connectivity index is 2.25. The number of hydrogen-bond donors (Lipinski definition) is 1. The Kier molecular flexibility index (Phi) is 7.39. The van der Waals surface area contributed by atoms with Crippen LogP contribution in [0.15, 0.2) is 54.6 Å². The van der Waals surface area contributed by atoms with E-state index < -0.39 is 6.04 Å². The predicted molar refractivity (Wildman–Crippen MR) is 105 cm³/mol. The summed E-state index contributed by atoms with van der Waals surface area (Å²) in [5.74, 6) is -0.126. The Labute approximate surface area is 156 Å². The third kappa shape index (κ3) is 5.45. The summed E-state index contributed by atoms with van der Waals surface area (Å²) in [6.07, 6.45) is 0.876. The Morgan fingerprint density at radius 2 is 1.62 bits per heavy atom. The molecule has 1 atom stereocenters. The van der Waals surface area contributed by atoms with Crippen molar-refractivity contribution in [2.24, 2.45) is 0 Å². The normalized spacial score (nSPS) is 11.7. The summed E-state index contributed by atoms with van der Waals surface area (Å²) < 4.78 is 0. The molecule has 26 heavy (non-hydrogen) atoms. The molecule has 138 valence electrons. The van der Waals surface area contributed by atoms with E-state index in [2.05, 4.69) is 5.32 Å². The third-order valence-corrected chi connectivity index (χ3v) is 4.41. The summed E-state index contributed by atoms with van der Waals surface area (Å²) in [5.41, 5.74) is 3.16. The van der Waals surface area contributed by atoms with Crippen LogP contribution in [0.1, 0.15) is 37.0 Å². The van der Waals surface area contributed by atoms with E-state index in [4.69, 9.17) is 0 Å². The van der Waals surface area contributed by atoms with Gasteiger partial charge in [-0.2, -0.15) is 0 Å². The molecule has 2 aromatic carbocycles. The first-order valence-electron chi connectivity index (χ1n) is 9.21. The molecule has 0 aliphatic heterocycles. The molecule has 0 aliphatic rings. The first-order valence-corrected chi connectivity index (χ1v) is 9.21. The van der Waals surface area contributed by atoms with Gasteiger partial charge < -0.3 is 10.2 Å². The van der Waals surface area contributed by atoms with Crippen LogP contribution in [0.4, 0.5) is 0 Å². The Hall–Kier alpha value is -2.62. The molecule has 2 aromatic rings. The van der Waals surface area contributed by atoms with Crippen molar-refractivity contribution in [2.45, 2.75) is 46.2 Å². The van der Waals surface area contributed by atoms with Gasteiger partial charge in [-0.3, -0.25) is 9.59 Å². The van der Waals surface area contributed by atoms with Crippen LogP contribution < -0.4 is 5.32 Å². The molecule has 0 aliphatic carbocycles. The van der Waals surface area contributed by atoms with Crippen molar-refractivity contribution in [3.63, 3.8) is 0 Å². The fourth-order valence-corrected chi connectivity index (χ4v) is 2.97. The smallest absolute Gasteiger partial charge is 0.242 e. The molecule has 0 bridgehead atoms. The monoisotopic (exact) mass is 352 g/mol. The second kappa shape index (κ2) is 9.76. The molecule has 0 saturated carbocycles. The van der Waals surface area contributed by atoms with Gasteiger partial charge in [0, 0.05) is 13.1 Å². The van der Waals surface area contributed by atoms with E-state index >= 15 is 0 Å². The van der Waals surface area contributed by atoms with Gasteiger partial charge in [0.25, 0.3) is 0 Å². The summed E-state index contributed by atoms with van der Waals surface area (Å²) in [4.78, 5) is 27.3. The number of hydrogen-bond acceptors (Lipinski definition) is 2. The lowest BCUT2D eigenvalue weighted by molar-refractivity contribution is -0.140. The summed E-state index contributed by atoms with van der Waals surface area (Å²) in [5, 5.41) is 2.86. The van der Waals surface area contributed by atoms with E-state index in [1.54, 1.807) is 4.90 Å². The van der Waals surface area contributed by atoms with Crippen molar-refractivity contribution >= 4 is 11.8 Å². The number of carbonyl (C=O) groups is 2. The van der Waals surface area contributed by atoms with Gasteiger partial charge in [0.2, 0.25) is 11.8 Å². The summed E-state index contributed by atoms with van der Waals surface area (Å²) >= 11 is 0. The Bertz CT molecular complexity index is 711. The average molecular weight is 352 g/mol. The van der Waals surface area contributed by atoms with E-state index in [1.165, 1.54) is 5.56 Å². The van der Waals surface area contributed by atoms with E-state index in [-0.39, 0.29) is 11.8 Å². The van der Waals surface area contributed by atoms with Gasteiger partial charge in [-0.1, -0.05) is 67.1 Å². The van der Waals surface area contributed by atoms with Crippen molar-refractivity contribution in [3.8, 4) is 0 Å². The molecule has 0 saturated heterocycles. The van der Waals surface area contributed by atoms with E-state index in [0.29, 0.717) is 25.9 Å². The number of nitrogens with one attached hydrogen (secondary N) is 1. The van der Waals surface area contributed by atoms with Crippen LogP contribution in [0, 0.1) is 6.92 Å². The minimum Gasteiger partial charge on any atom is -0.355 e. The summed E-state index contributed by atoms with van der Waals surface area (Å²) in [7, 11) is 0. The van der Waals surface area contributed by atoms with Crippen LogP contribution in [0.3, 0.4) is 0 Å². The highest BCUT2D eigenvalue weighted by atomic mass is 16.2. The molecule has 0 unspecified atom stereocenters. The van der Waals surface area contributed by atoms with Crippen molar-refractivity contribution in [1.82, 2.24) is 10.2 Å². The lowest BCUT2D eigenvalue weighted by Gasteiger charge is -2.30. The van der Waals surface area contributed by atoms with E-state index in [9.17, 15) is 9.59 Å². The second-order valence-corrected chi connectivity index (χ2v) is 6.49. The summed E-state index contributed by atoms with van der Waals surface area (Å²) in [6.45, 7) is 6.85. The van der Waals surface area contributed by atoms with Crippen LogP contribution in [0.5, 0.6) is 0 Å². The predicted octanol–water partition coefficient (Wildman–Crippen LogP) is 3.48. The number of amides is 2. The van der Waals surface area contributed by atoms with Crippen LogP contribution in [-0.4, -0.2) is 29.3 Å². The fourth-order valence-electron chi connectivity index (χ4n) is 2.97. The van der Waals surface area contributed by atoms with Gasteiger partial charge >= 0.3 is 0 Å². The van der Waals surface area contributed by atoms with Crippen molar-refractivity contribution in [2.75, 3.05) is 6.54 Å². The molecular weight excluding hydrogens is 324 g/mol. The number of carbonyl (C=O) groups excluding carboxylic acids is 2. The molecule has 4 nitrogen and oxygen atoms in total. The highest BCUT2D eigenvalue weighted by Gasteiger charge is 2.28. The number of benzene rings is 2. The maximum atomic E-state index is 13.0. The molecule has 2 amide bonds.